The van der Waals surface area contributed by atoms with Crippen LogP contribution in [-0.4, -0.2) is 43.8 Å². The third kappa shape index (κ3) is 7.80. The van der Waals surface area contributed by atoms with Gasteiger partial charge in [-0.3, -0.25) is 13.9 Å². The van der Waals surface area contributed by atoms with Crippen molar-refractivity contribution in [2.24, 2.45) is 0 Å². The Balaban J connectivity index is 2.04. The van der Waals surface area contributed by atoms with Crippen LogP contribution in [-0.2, 0) is 26.2 Å². The van der Waals surface area contributed by atoms with Crippen LogP contribution in [0.2, 0.25) is 5.02 Å². The predicted molar refractivity (Wildman–Crippen MR) is 151 cm³/mol. The van der Waals surface area contributed by atoms with Crippen molar-refractivity contribution in [2.75, 3.05) is 10.8 Å². The molecule has 0 aliphatic rings. The lowest BCUT2D eigenvalue weighted by molar-refractivity contribution is -0.140. The monoisotopic (exact) mass is 573 g/mol. The van der Waals surface area contributed by atoms with Gasteiger partial charge in [-0.1, -0.05) is 61.8 Å². The van der Waals surface area contributed by atoms with E-state index in [-0.39, 0.29) is 35.5 Å². The Morgan fingerprint density at radius 1 is 0.949 bits per heavy atom. The van der Waals surface area contributed by atoms with Crippen molar-refractivity contribution in [2.45, 2.75) is 57.1 Å². The Hall–Kier alpha value is -3.43. The summed E-state index contributed by atoms with van der Waals surface area (Å²) in [5.74, 6) is -1.37. The van der Waals surface area contributed by atoms with E-state index < -0.39 is 34.3 Å². The molecule has 0 spiro atoms. The summed E-state index contributed by atoms with van der Waals surface area (Å²) in [6.45, 7) is 4.99. The van der Waals surface area contributed by atoms with Crippen molar-refractivity contribution in [3.8, 4) is 0 Å². The maximum absolute atomic E-state index is 14.0. The summed E-state index contributed by atoms with van der Waals surface area (Å²) < 4.78 is 42.1. The molecule has 0 saturated heterocycles. The Morgan fingerprint density at radius 3 is 2.21 bits per heavy atom. The lowest BCUT2D eigenvalue weighted by atomic mass is 10.1. The first-order valence-corrected chi connectivity index (χ1v) is 14.6. The smallest absolute Gasteiger partial charge is 0.264 e. The van der Waals surface area contributed by atoms with E-state index in [1.54, 1.807) is 43.3 Å². The zero-order valence-electron chi connectivity index (χ0n) is 22.2. The molecule has 2 atom stereocenters. The largest absolute Gasteiger partial charge is 0.352 e. The van der Waals surface area contributed by atoms with Crippen molar-refractivity contribution < 1.29 is 22.4 Å². The Kier molecular flexibility index (Phi) is 10.5. The van der Waals surface area contributed by atoms with E-state index in [0.717, 1.165) is 4.31 Å². The van der Waals surface area contributed by atoms with Gasteiger partial charge in [0, 0.05) is 17.6 Å². The van der Waals surface area contributed by atoms with E-state index in [1.807, 2.05) is 13.8 Å². The van der Waals surface area contributed by atoms with Gasteiger partial charge in [-0.25, -0.2) is 12.8 Å². The number of carbonyl (C=O) groups excluding carboxylic acids is 2. The molecule has 3 aromatic rings. The summed E-state index contributed by atoms with van der Waals surface area (Å²) in [5, 5.41) is 3.22. The molecule has 0 aromatic heterocycles. The molecule has 0 bridgehead atoms. The molecule has 0 saturated carbocycles. The van der Waals surface area contributed by atoms with Gasteiger partial charge in [0.1, 0.15) is 18.4 Å². The van der Waals surface area contributed by atoms with Gasteiger partial charge in [0.05, 0.1) is 10.6 Å². The highest BCUT2D eigenvalue weighted by Gasteiger charge is 2.34. The van der Waals surface area contributed by atoms with E-state index in [4.69, 9.17) is 11.6 Å². The van der Waals surface area contributed by atoms with Gasteiger partial charge in [0.25, 0.3) is 10.0 Å². The molecule has 10 heteroatoms. The lowest BCUT2D eigenvalue weighted by Gasteiger charge is -2.33. The number of nitrogens with zero attached hydrogens (tertiary/aromatic N) is 2. The van der Waals surface area contributed by atoms with Crippen molar-refractivity contribution in [1.29, 1.82) is 0 Å². The number of anilines is 1. The van der Waals surface area contributed by atoms with Gasteiger partial charge < -0.3 is 10.2 Å². The fourth-order valence-corrected chi connectivity index (χ4v) is 5.64. The molecule has 2 amide bonds. The average molecular weight is 574 g/mol. The van der Waals surface area contributed by atoms with Crippen LogP contribution >= 0.6 is 11.6 Å². The lowest BCUT2D eigenvalue weighted by Crippen LogP contribution is -2.53. The van der Waals surface area contributed by atoms with Crippen LogP contribution in [0.4, 0.5) is 10.1 Å². The zero-order chi connectivity index (χ0) is 28.6. The average Bonchev–Trinajstić information content (AvgIpc) is 2.92. The maximum atomic E-state index is 14.0. The molecular weight excluding hydrogens is 541 g/mol. The molecule has 0 fully saturated rings. The second-order valence-corrected chi connectivity index (χ2v) is 11.5. The highest BCUT2D eigenvalue weighted by atomic mass is 35.5. The number of amides is 2. The normalized spacial score (nSPS) is 12.8. The van der Waals surface area contributed by atoms with Crippen LogP contribution in [0.15, 0.2) is 83.8 Å². The van der Waals surface area contributed by atoms with Gasteiger partial charge >= 0.3 is 0 Å². The van der Waals surface area contributed by atoms with Crippen molar-refractivity contribution in [3.05, 3.63) is 95.3 Å². The third-order valence-corrected chi connectivity index (χ3v) is 8.38. The number of nitrogens with one attached hydrogen (secondary N) is 1. The highest BCUT2D eigenvalue weighted by molar-refractivity contribution is 7.92. The predicted octanol–water partition coefficient (Wildman–Crippen LogP) is 5.40. The topological polar surface area (TPSA) is 86.8 Å². The van der Waals surface area contributed by atoms with Gasteiger partial charge in [0.15, 0.2) is 0 Å². The van der Waals surface area contributed by atoms with Gasteiger partial charge in [0.2, 0.25) is 11.8 Å². The third-order valence-electron chi connectivity index (χ3n) is 6.36. The SMILES string of the molecule is CCC(C)NC(=O)C(CC)N(Cc1ccc(F)cc1)C(=O)CN(c1cccc(Cl)c1)S(=O)(=O)c1ccccc1. The molecule has 208 valence electrons. The molecule has 1 N–H and O–H groups in total. The molecule has 39 heavy (non-hydrogen) atoms. The molecule has 0 aliphatic heterocycles. The first-order chi connectivity index (χ1) is 18.6. The van der Waals surface area contributed by atoms with Crippen molar-refractivity contribution in [3.63, 3.8) is 0 Å². The van der Waals surface area contributed by atoms with Gasteiger partial charge in [-0.15, -0.1) is 0 Å². The Bertz CT molecular complexity index is 1370. The fraction of sp³-hybridized carbons (Fsp3) is 0.310. The number of halogens is 2. The van der Waals surface area contributed by atoms with E-state index in [0.29, 0.717) is 17.0 Å². The number of benzene rings is 3. The summed E-state index contributed by atoms with van der Waals surface area (Å²) in [4.78, 5) is 28.5. The van der Waals surface area contributed by atoms with Gasteiger partial charge in [-0.2, -0.15) is 0 Å². The van der Waals surface area contributed by atoms with E-state index in [2.05, 4.69) is 5.32 Å². The van der Waals surface area contributed by atoms with Crippen molar-refractivity contribution in [1.82, 2.24) is 10.2 Å². The summed E-state index contributed by atoms with van der Waals surface area (Å²) in [6.07, 6.45) is 0.990. The van der Waals surface area contributed by atoms with Crippen LogP contribution in [0, 0.1) is 5.82 Å². The molecule has 0 heterocycles. The summed E-state index contributed by atoms with van der Waals surface area (Å²) in [7, 11) is -4.18. The molecule has 3 rings (SSSR count). The minimum Gasteiger partial charge on any atom is -0.352 e. The van der Waals surface area contributed by atoms with Crippen LogP contribution in [0.25, 0.3) is 0 Å². The summed E-state index contributed by atoms with van der Waals surface area (Å²) >= 11 is 6.18. The van der Waals surface area contributed by atoms with Crippen LogP contribution in [0.3, 0.4) is 0 Å². The van der Waals surface area contributed by atoms with Crippen LogP contribution in [0.5, 0.6) is 0 Å². The Morgan fingerprint density at radius 2 is 1.62 bits per heavy atom. The second-order valence-electron chi connectivity index (χ2n) is 9.19. The second kappa shape index (κ2) is 13.6. The number of sulfonamides is 1. The fourth-order valence-electron chi connectivity index (χ4n) is 4.03. The standard InChI is InChI=1S/C29H33ClFN3O4S/c1-4-21(3)32-29(36)27(5-2)33(19-22-14-16-24(31)17-15-22)28(35)20-34(25-11-9-10-23(30)18-25)39(37,38)26-12-7-6-8-13-26/h6-18,21,27H,4-5,19-20H2,1-3H3,(H,32,36). The van der Waals surface area contributed by atoms with E-state index >= 15 is 0 Å². The molecule has 7 nitrogen and oxygen atoms in total. The Labute approximate surface area is 234 Å². The molecule has 0 radical (unpaired) electrons. The number of hydrogen-bond acceptors (Lipinski definition) is 4. The van der Waals surface area contributed by atoms with Gasteiger partial charge in [-0.05, 0) is 67.8 Å². The molecule has 0 aliphatic carbocycles. The zero-order valence-corrected chi connectivity index (χ0v) is 23.8. The van der Waals surface area contributed by atoms with E-state index in [9.17, 15) is 22.4 Å². The number of carbonyl (C=O) groups is 2. The molecule has 3 aromatic carbocycles. The first-order valence-electron chi connectivity index (χ1n) is 12.7. The van der Waals surface area contributed by atoms with Crippen LogP contribution < -0.4 is 9.62 Å². The number of rotatable bonds is 12. The summed E-state index contributed by atoms with van der Waals surface area (Å²) in [5.41, 5.74) is 0.804. The summed E-state index contributed by atoms with van der Waals surface area (Å²) in [6, 6.07) is 18.6. The quantitative estimate of drug-likeness (QED) is 0.314. The first kappa shape index (κ1) is 30.1. The highest BCUT2D eigenvalue weighted by Crippen LogP contribution is 2.27. The molecular formula is C29H33ClFN3O4S. The van der Waals surface area contributed by atoms with Crippen molar-refractivity contribution >= 4 is 39.1 Å². The molecule has 2 unspecified atom stereocenters. The van der Waals surface area contributed by atoms with Crippen LogP contribution in [0.1, 0.15) is 39.2 Å². The number of hydrogen-bond donors (Lipinski definition) is 1. The minimum atomic E-state index is -4.18. The van der Waals surface area contributed by atoms with E-state index in [1.165, 1.54) is 47.4 Å². The minimum absolute atomic E-state index is 0.00409. The maximum Gasteiger partial charge on any atom is 0.264 e.